The van der Waals surface area contributed by atoms with Crippen LogP contribution in [0.25, 0.3) is 11.0 Å². The maximum Gasteiger partial charge on any atom is 0.187 e. The number of imidazole rings is 1. The number of H-pyrrole nitrogens is 1. The van der Waals surface area contributed by atoms with Gasteiger partial charge in [-0.2, -0.15) is 5.26 Å². The van der Waals surface area contributed by atoms with Gasteiger partial charge in [0.2, 0.25) is 0 Å². The molecule has 1 aromatic heterocycles. The fourth-order valence-corrected chi connectivity index (χ4v) is 3.44. The minimum atomic E-state index is -0.939. The molecule has 2 heterocycles. The Morgan fingerprint density at radius 1 is 1.23 bits per heavy atom. The molecule has 0 saturated carbocycles. The number of hydrogen-bond acceptors (Lipinski definition) is 4. The first-order valence-electron chi connectivity index (χ1n) is 8.82. The van der Waals surface area contributed by atoms with E-state index in [1.807, 2.05) is 36.4 Å². The van der Waals surface area contributed by atoms with Crippen LogP contribution < -0.4 is 0 Å². The predicted molar refractivity (Wildman–Crippen MR) is 98.0 cm³/mol. The van der Waals surface area contributed by atoms with E-state index >= 15 is 0 Å². The first-order valence-corrected chi connectivity index (χ1v) is 8.82. The Balaban J connectivity index is 1.57. The summed E-state index contributed by atoms with van der Waals surface area (Å²) in [6, 6.07) is 17.2. The molecular weight excluding hydrogens is 326 g/mol. The van der Waals surface area contributed by atoms with Crippen molar-refractivity contribution < 1.29 is 9.53 Å². The third kappa shape index (κ3) is 3.12. The third-order valence-electron chi connectivity index (χ3n) is 4.90. The van der Waals surface area contributed by atoms with Gasteiger partial charge in [-0.1, -0.05) is 36.4 Å². The molecule has 3 aromatic rings. The zero-order valence-corrected chi connectivity index (χ0v) is 14.3. The second-order valence-electron chi connectivity index (χ2n) is 6.60. The summed E-state index contributed by atoms with van der Waals surface area (Å²) in [6.07, 6.45) is 2.17. The van der Waals surface area contributed by atoms with Gasteiger partial charge in [0.05, 0.1) is 23.7 Å². The SMILES string of the molecule is N#C[C@H](C(=O)c1ccc([C@@H]2CCCOC2)cc1)c1nc2ccccc2[nH]1. The normalized spacial score (nSPS) is 18.3. The molecule has 26 heavy (non-hydrogen) atoms. The van der Waals surface area contributed by atoms with Crippen molar-refractivity contribution in [2.75, 3.05) is 13.2 Å². The van der Waals surface area contributed by atoms with Crippen LogP contribution in [-0.2, 0) is 4.74 Å². The van der Waals surface area contributed by atoms with Crippen LogP contribution in [0, 0.1) is 11.3 Å². The quantitative estimate of drug-likeness (QED) is 0.726. The second kappa shape index (κ2) is 7.11. The lowest BCUT2D eigenvalue weighted by Gasteiger charge is -2.22. The van der Waals surface area contributed by atoms with E-state index in [9.17, 15) is 10.1 Å². The van der Waals surface area contributed by atoms with Gasteiger partial charge >= 0.3 is 0 Å². The summed E-state index contributed by atoms with van der Waals surface area (Å²) >= 11 is 0. The number of hydrogen-bond donors (Lipinski definition) is 1. The number of ketones is 1. The molecule has 4 rings (SSSR count). The molecule has 1 fully saturated rings. The smallest absolute Gasteiger partial charge is 0.187 e. The van der Waals surface area contributed by atoms with Crippen molar-refractivity contribution in [3.05, 3.63) is 65.5 Å². The molecule has 1 saturated heterocycles. The summed E-state index contributed by atoms with van der Waals surface area (Å²) in [4.78, 5) is 20.3. The van der Waals surface area contributed by atoms with Gasteiger partial charge in [0.1, 0.15) is 5.82 Å². The number of para-hydroxylation sites is 2. The number of nitriles is 1. The van der Waals surface area contributed by atoms with Crippen LogP contribution >= 0.6 is 0 Å². The molecule has 5 nitrogen and oxygen atoms in total. The van der Waals surface area contributed by atoms with Gasteiger partial charge in [-0.15, -0.1) is 0 Å². The van der Waals surface area contributed by atoms with Gasteiger partial charge < -0.3 is 9.72 Å². The van der Waals surface area contributed by atoms with Crippen molar-refractivity contribution >= 4 is 16.8 Å². The third-order valence-corrected chi connectivity index (χ3v) is 4.90. The Morgan fingerprint density at radius 3 is 2.73 bits per heavy atom. The molecule has 5 heteroatoms. The maximum atomic E-state index is 12.8. The van der Waals surface area contributed by atoms with E-state index in [1.165, 1.54) is 5.56 Å². The Morgan fingerprint density at radius 2 is 2.04 bits per heavy atom. The van der Waals surface area contributed by atoms with E-state index < -0.39 is 5.92 Å². The number of carbonyl (C=O) groups excluding carboxylic acids is 1. The number of ether oxygens (including phenoxy) is 1. The zero-order valence-electron chi connectivity index (χ0n) is 14.3. The number of carbonyl (C=O) groups is 1. The van der Waals surface area contributed by atoms with E-state index in [4.69, 9.17) is 4.74 Å². The zero-order chi connectivity index (χ0) is 17.9. The summed E-state index contributed by atoms with van der Waals surface area (Å²) in [5.41, 5.74) is 3.28. The molecule has 130 valence electrons. The second-order valence-corrected chi connectivity index (χ2v) is 6.60. The molecule has 2 atom stereocenters. The number of nitrogens with zero attached hydrogens (tertiary/aromatic N) is 2. The molecule has 1 aliphatic heterocycles. The highest BCUT2D eigenvalue weighted by Crippen LogP contribution is 2.27. The summed E-state index contributed by atoms with van der Waals surface area (Å²) in [5, 5.41) is 9.55. The summed E-state index contributed by atoms with van der Waals surface area (Å²) < 4.78 is 5.53. The van der Waals surface area contributed by atoms with E-state index in [-0.39, 0.29) is 5.78 Å². The average molecular weight is 345 g/mol. The van der Waals surface area contributed by atoms with Crippen molar-refractivity contribution in [1.82, 2.24) is 9.97 Å². The van der Waals surface area contributed by atoms with Crippen molar-refractivity contribution in [3.63, 3.8) is 0 Å². The Labute approximate surface area is 151 Å². The lowest BCUT2D eigenvalue weighted by molar-refractivity contribution is 0.0804. The van der Waals surface area contributed by atoms with Crippen molar-refractivity contribution in [3.8, 4) is 6.07 Å². The monoisotopic (exact) mass is 345 g/mol. The number of rotatable bonds is 4. The van der Waals surface area contributed by atoms with Gasteiger partial charge in [0.25, 0.3) is 0 Å². The van der Waals surface area contributed by atoms with Crippen LogP contribution in [0.15, 0.2) is 48.5 Å². The van der Waals surface area contributed by atoms with Crippen LogP contribution in [-0.4, -0.2) is 29.0 Å². The van der Waals surface area contributed by atoms with Gasteiger partial charge in [-0.3, -0.25) is 4.79 Å². The highest BCUT2D eigenvalue weighted by Gasteiger charge is 2.25. The number of fused-ring (bicyclic) bond motifs is 1. The number of Topliss-reactive ketones (excluding diaryl/α,β-unsaturated/α-hetero) is 1. The number of aromatic amines is 1. The van der Waals surface area contributed by atoms with Gasteiger partial charge in [0, 0.05) is 18.1 Å². The van der Waals surface area contributed by atoms with Crippen molar-refractivity contribution in [2.24, 2.45) is 0 Å². The van der Waals surface area contributed by atoms with Crippen molar-refractivity contribution in [2.45, 2.75) is 24.7 Å². The molecule has 0 bridgehead atoms. The van der Waals surface area contributed by atoms with Crippen LogP contribution in [0.2, 0.25) is 0 Å². The topological polar surface area (TPSA) is 78.8 Å². The molecule has 1 aliphatic rings. The summed E-state index contributed by atoms with van der Waals surface area (Å²) in [6.45, 7) is 1.56. The van der Waals surface area contributed by atoms with E-state index in [0.29, 0.717) is 17.3 Å². The highest BCUT2D eigenvalue weighted by atomic mass is 16.5. The summed E-state index contributed by atoms with van der Waals surface area (Å²) in [5.74, 6) is -0.400. The first-order chi connectivity index (χ1) is 12.8. The molecule has 0 radical (unpaired) electrons. The minimum absolute atomic E-state index is 0.238. The van der Waals surface area contributed by atoms with Gasteiger partial charge in [0.15, 0.2) is 11.7 Å². The molecular formula is C21H19N3O2. The van der Waals surface area contributed by atoms with Crippen LogP contribution in [0.4, 0.5) is 0 Å². The van der Waals surface area contributed by atoms with Crippen molar-refractivity contribution in [1.29, 1.82) is 5.26 Å². The molecule has 0 spiro atoms. The van der Waals surface area contributed by atoms with Crippen LogP contribution in [0.1, 0.15) is 46.4 Å². The average Bonchev–Trinajstić information content (AvgIpc) is 3.13. The van der Waals surface area contributed by atoms with Crippen LogP contribution in [0.3, 0.4) is 0 Å². The molecule has 1 N–H and O–H groups in total. The Bertz CT molecular complexity index is 930. The molecule has 0 aliphatic carbocycles. The summed E-state index contributed by atoms with van der Waals surface area (Å²) in [7, 11) is 0. The number of benzene rings is 2. The maximum absolute atomic E-state index is 12.8. The first kappa shape index (κ1) is 16.5. The standard InChI is InChI=1S/C21H19N3O2/c22-12-17(21-23-18-5-1-2-6-19(18)24-21)20(25)15-9-7-14(8-10-15)16-4-3-11-26-13-16/h1-2,5-10,16-17H,3-4,11,13H2,(H,23,24)/t16-,17-/m1/s1. The lowest BCUT2D eigenvalue weighted by Crippen LogP contribution is -2.16. The molecule has 0 unspecified atom stereocenters. The molecule has 0 amide bonds. The van der Waals surface area contributed by atoms with E-state index in [2.05, 4.69) is 16.0 Å². The Hall–Kier alpha value is -2.97. The van der Waals surface area contributed by atoms with E-state index in [1.54, 1.807) is 12.1 Å². The fourth-order valence-electron chi connectivity index (χ4n) is 3.44. The Kier molecular flexibility index (Phi) is 4.51. The molecule has 2 aromatic carbocycles. The number of nitrogens with one attached hydrogen (secondary N) is 1. The minimum Gasteiger partial charge on any atom is -0.381 e. The largest absolute Gasteiger partial charge is 0.381 e. The van der Waals surface area contributed by atoms with Gasteiger partial charge in [-0.25, -0.2) is 4.98 Å². The predicted octanol–water partition coefficient (Wildman–Crippen LogP) is 3.95. The fraction of sp³-hybridized carbons (Fsp3) is 0.286. The highest BCUT2D eigenvalue weighted by molar-refractivity contribution is 6.02. The number of aromatic nitrogens is 2. The van der Waals surface area contributed by atoms with E-state index in [0.717, 1.165) is 37.1 Å². The lowest BCUT2D eigenvalue weighted by atomic mass is 9.91. The van der Waals surface area contributed by atoms with Gasteiger partial charge in [-0.05, 0) is 30.5 Å². The van der Waals surface area contributed by atoms with Crippen LogP contribution in [0.5, 0.6) is 0 Å².